The highest BCUT2D eigenvalue weighted by Gasteiger charge is 2.52. The van der Waals surface area contributed by atoms with E-state index in [0.29, 0.717) is 16.8 Å². The summed E-state index contributed by atoms with van der Waals surface area (Å²) in [5, 5.41) is 18.8. The summed E-state index contributed by atoms with van der Waals surface area (Å²) in [6.45, 7) is 7.55. The van der Waals surface area contributed by atoms with E-state index in [-0.39, 0.29) is 13.0 Å². The third-order valence-electron chi connectivity index (χ3n) is 4.74. The van der Waals surface area contributed by atoms with Crippen LogP contribution in [-0.2, 0) is 20.5 Å². The van der Waals surface area contributed by atoms with Gasteiger partial charge in [0.15, 0.2) is 0 Å². The molecule has 1 heterocycles. The van der Waals surface area contributed by atoms with E-state index in [9.17, 15) is 9.90 Å². The number of aliphatic hydroxyl groups is 1. The molecule has 1 aliphatic rings. The molecular weight excluding hydrogens is 323 g/mol. The Kier molecular flexibility index (Phi) is 5.61. The fraction of sp³-hybridized carbons (Fsp3) is 0.500. The lowest BCUT2D eigenvalue weighted by Gasteiger charge is -2.32. The van der Waals surface area contributed by atoms with Crippen LogP contribution in [0.25, 0.3) is 6.08 Å². The molecule has 1 saturated heterocycles. The van der Waals surface area contributed by atoms with Crippen molar-refractivity contribution in [3.05, 3.63) is 34.8 Å². The van der Waals surface area contributed by atoms with Gasteiger partial charge in [-0.05, 0) is 50.9 Å². The SMILES string of the molecule is COc1ccc(C=C(CO)B2OC(C)(C)C(C)(C)O2)cc1CC(=O)O. The van der Waals surface area contributed by atoms with Gasteiger partial charge in [-0.2, -0.15) is 0 Å². The Bertz CT molecular complexity index is 664. The second kappa shape index (κ2) is 7.19. The first-order valence-electron chi connectivity index (χ1n) is 8.15. The van der Waals surface area contributed by atoms with Crippen LogP contribution >= 0.6 is 0 Å². The molecular formula is C18H25BO6. The predicted octanol–water partition coefficient (Wildman–Crippen LogP) is 2.33. The summed E-state index contributed by atoms with van der Waals surface area (Å²) >= 11 is 0. The fourth-order valence-corrected chi connectivity index (χ4v) is 2.59. The van der Waals surface area contributed by atoms with E-state index in [1.165, 1.54) is 7.11 Å². The van der Waals surface area contributed by atoms with Gasteiger partial charge in [0.1, 0.15) is 5.75 Å². The minimum Gasteiger partial charge on any atom is -0.496 e. The molecule has 0 amide bonds. The Morgan fingerprint density at radius 1 is 1.24 bits per heavy atom. The van der Waals surface area contributed by atoms with Crippen molar-refractivity contribution in [1.82, 2.24) is 0 Å². The molecule has 0 unspecified atom stereocenters. The number of carboxylic acids is 1. The van der Waals surface area contributed by atoms with Crippen molar-refractivity contribution in [2.75, 3.05) is 13.7 Å². The standard InChI is InChI=1S/C18H25BO6/c1-17(2)18(3,4)25-19(24-17)14(11-20)9-12-6-7-15(23-5)13(8-12)10-16(21)22/h6-9,20H,10-11H2,1-5H3,(H,21,22). The van der Waals surface area contributed by atoms with Crippen LogP contribution in [0.1, 0.15) is 38.8 Å². The minimum atomic E-state index is -0.937. The average molecular weight is 348 g/mol. The van der Waals surface area contributed by atoms with E-state index >= 15 is 0 Å². The maximum Gasteiger partial charge on any atom is 0.492 e. The van der Waals surface area contributed by atoms with E-state index in [4.69, 9.17) is 19.2 Å². The fourth-order valence-electron chi connectivity index (χ4n) is 2.59. The van der Waals surface area contributed by atoms with E-state index in [1.807, 2.05) is 27.7 Å². The quantitative estimate of drug-likeness (QED) is 0.768. The molecule has 6 nitrogen and oxygen atoms in total. The Labute approximate surface area is 148 Å². The monoisotopic (exact) mass is 348 g/mol. The summed E-state index contributed by atoms with van der Waals surface area (Å²) in [7, 11) is 0.847. The Balaban J connectivity index is 2.32. The number of ether oxygens (including phenoxy) is 1. The second-order valence-corrected chi connectivity index (χ2v) is 7.11. The lowest BCUT2D eigenvalue weighted by Crippen LogP contribution is -2.41. The van der Waals surface area contributed by atoms with Crippen LogP contribution in [0.15, 0.2) is 23.7 Å². The van der Waals surface area contributed by atoms with Crippen LogP contribution in [0.5, 0.6) is 5.75 Å². The van der Waals surface area contributed by atoms with Crippen molar-refractivity contribution < 1.29 is 29.1 Å². The maximum atomic E-state index is 11.0. The first kappa shape index (κ1) is 19.5. The number of aliphatic carboxylic acids is 1. The van der Waals surface area contributed by atoms with Gasteiger partial charge in [0.25, 0.3) is 0 Å². The van der Waals surface area contributed by atoms with Crippen LogP contribution in [0.2, 0.25) is 0 Å². The normalized spacial score (nSPS) is 19.1. The Morgan fingerprint density at radius 2 is 1.84 bits per heavy atom. The molecule has 0 aromatic heterocycles. The summed E-state index contributed by atoms with van der Waals surface area (Å²) in [4.78, 5) is 11.0. The topological polar surface area (TPSA) is 85.2 Å². The van der Waals surface area contributed by atoms with Crippen LogP contribution in [0.4, 0.5) is 0 Å². The number of rotatable bonds is 6. The molecule has 2 rings (SSSR count). The maximum absolute atomic E-state index is 11.0. The zero-order valence-electron chi connectivity index (χ0n) is 15.3. The molecule has 0 aliphatic carbocycles. The first-order valence-corrected chi connectivity index (χ1v) is 8.15. The summed E-state index contributed by atoms with van der Waals surface area (Å²) in [6.07, 6.45) is 1.61. The molecule has 0 radical (unpaired) electrons. The smallest absolute Gasteiger partial charge is 0.492 e. The molecule has 2 N–H and O–H groups in total. The number of methoxy groups -OCH3 is 1. The van der Waals surface area contributed by atoms with Crippen LogP contribution < -0.4 is 4.74 Å². The van der Waals surface area contributed by atoms with Gasteiger partial charge >= 0.3 is 13.1 Å². The second-order valence-electron chi connectivity index (χ2n) is 7.11. The highest BCUT2D eigenvalue weighted by atomic mass is 16.7. The molecule has 1 aromatic carbocycles. The third-order valence-corrected chi connectivity index (χ3v) is 4.74. The van der Waals surface area contributed by atoms with E-state index in [1.54, 1.807) is 24.3 Å². The highest BCUT2D eigenvalue weighted by molar-refractivity contribution is 6.55. The molecule has 7 heteroatoms. The Morgan fingerprint density at radius 3 is 2.32 bits per heavy atom. The molecule has 1 aromatic rings. The average Bonchev–Trinajstić information content (AvgIpc) is 2.72. The summed E-state index contributed by atoms with van der Waals surface area (Å²) < 4.78 is 17.1. The number of carbonyl (C=O) groups is 1. The Hall–Kier alpha value is -1.83. The van der Waals surface area contributed by atoms with Gasteiger partial charge in [-0.3, -0.25) is 4.79 Å². The molecule has 0 bridgehead atoms. The van der Waals surface area contributed by atoms with Crippen molar-refractivity contribution >= 4 is 19.2 Å². The van der Waals surface area contributed by atoms with Gasteiger partial charge in [-0.1, -0.05) is 12.1 Å². The molecule has 0 saturated carbocycles. The molecule has 0 spiro atoms. The van der Waals surface area contributed by atoms with E-state index < -0.39 is 24.3 Å². The van der Waals surface area contributed by atoms with Crippen molar-refractivity contribution in [2.45, 2.75) is 45.3 Å². The number of hydrogen-bond donors (Lipinski definition) is 2. The number of benzene rings is 1. The number of aliphatic hydroxyl groups excluding tert-OH is 1. The molecule has 1 aliphatic heterocycles. The molecule has 25 heavy (non-hydrogen) atoms. The zero-order valence-corrected chi connectivity index (χ0v) is 15.3. The van der Waals surface area contributed by atoms with Gasteiger partial charge < -0.3 is 24.3 Å². The largest absolute Gasteiger partial charge is 0.496 e. The number of hydrogen-bond acceptors (Lipinski definition) is 5. The zero-order chi connectivity index (χ0) is 18.8. The van der Waals surface area contributed by atoms with E-state index in [2.05, 4.69) is 0 Å². The van der Waals surface area contributed by atoms with Gasteiger partial charge in [0.05, 0.1) is 31.3 Å². The van der Waals surface area contributed by atoms with Crippen molar-refractivity contribution in [2.24, 2.45) is 0 Å². The molecule has 136 valence electrons. The minimum absolute atomic E-state index is 0.143. The first-order chi connectivity index (χ1) is 11.6. The molecule has 1 fully saturated rings. The third kappa shape index (κ3) is 4.23. The van der Waals surface area contributed by atoms with Crippen molar-refractivity contribution in [3.63, 3.8) is 0 Å². The van der Waals surface area contributed by atoms with Crippen LogP contribution in [0.3, 0.4) is 0 Å². The van der Waals surface area contributed by atoms with Crippen molar-refractivity contribution in [1.29, 1.82) is 0 Å². The van der Waals surface area contributed by atoms with Gasteiger partial charge in [0.2, 0.25) is 0 Å². The van der Waals surface area contributed by atoms with Crippen LogP contribution in [0, 0.1) is 0 Å². The molecule has 0 atom stereocenters. The predicted molar refractivity (Wildman–Crippen MR) is 95.5 cm³/mol. The number of carboxylic acid groups (broad SMARTS) is 1. The van der Waals surface area contributed by atoms with E-state index in [0.717, 1.165) is 5.56 Å². The highest BCUT2D eigenvalue weighted by Crippen LogP contribution is 2.38. The summed E-state index contributed by atoms with van der Waals surface area (Å²) in [5.41, 5.74) is 0.886. The summed E-state index contributed by atoms with van der Waals surface area (Å²) in [5.74, 6) is -0.423. The van der Waals surface area contributed by atoms with Crippen LogP contribution in [-0.4, -0.2) is 48.2 Å². The summed E-state index contributed by atoms with van der Waals surface area (Å²) in [6, 6.07) is 5.24. The van der Waals surface area contributed by atoms with Crippen molar-refractivity contribution in [3.8, 4) is 5.75 Å². The lowest BCUT2D eigenvalue weighted by molar-refractivity contribution is -0.136. The van der Waals surface area contributed by atoms with Gasteiger partial charge in [0, 0.05) is 5.56 Å². The van der Waals surface area contributed by atoms with Gasteiger partial charge in [-0.15, -0.1) is 0 Å². The lowest BCUT2D eigenvalue weighted by atomic mass is 9.77. The van der Waals surface area contributed by atoms with Gasteiger partial charge in [-0.25, -0.2) is 0 Å².